The lowest BCUT2D eigenvalue weighted by atomic mass is 9.89. The van der Waals surface area contributed by atoms with Crippen LogP contribution in [-0.2, 0) is 18.9 Å². The maximum Gasteiger partial charge on any atom is 0.509 e. The third-order valence-electron chi connectivity index (χ3n) is 4.56. The number of carbonyl (C=O) groups is 1. The van der Waals surface area contributed by atoms with Gasteiger partial charge in [0.1, 0.15) is 17.4 Å². The van der Waals surface area contributed by atoms with Crippen LogP contribution in [-0.4, -0.2) is 43.5 Å². The summed E-state index contributed by atoms with van der Waals surface area (Å²) < 4.78 is 33.0. The molecule has 0 aliphatic carbocycles. The normalized spacial score (nSPS) is 29.7. The number of carbonyl (C=O) groups excluding carboxylic acids is 1. The predicted molar refractivity (Wildman–Crippen MR) is 88.0 cm³/mol. The Balaban J connectivity index is 1.63. The monoisotopic (exact) mass is 362 g/mol. The van der Waals surface area contributed by atoms with Gasteiger partial charge in [0, 0.05) is 18.6 Å². The van der Waals surface area contributed by atoms with E-state index in [2.05, 4.69) is 0 Å². The summed E-state index contributed by atoms with van der Waals surface area (Å²) in [7, 11) is 1.53. The van der Waals surface area contributed by atoms with E-state index in [1.807, 2.05) is 13.8 Å². The van der Waals surface area contributed by atoms with Gasteiger partial charge in [0.05, 0.1) is 5.60 Å². The highest BCUT2D eigenvalue weighted by Crippen LogP contribution is 2.38. The standard InChI is InChI=1S/C18H18O8/c1-18(2)15(21-3)13-14(25-17(20)24-13)16(26-18)22-10-5-6-11-9(8-10)4-7-12(19)23-11/h4-8,13-16H,1-3H3/t13-,14+,15?,16?/m1/s1. The Bertz CT molecular complexity index is 901. The molecule has 4 atom stereocenters. The fraction of sp³-hybridized carbons (Fsp3) is 0.444. The molecular formula is C18H18O8. The molecule has 2 unspecified atom stereocenters. The average molecular weight is 362 g/mol. The van der Waals surface area contributed by atoms with Gasteiger partial charge in [-0.2, -0.15) is 0 Å². The molecule has 1 aromatic carbocycles. The maximum absolute atomic E-state index is 11.6. The number of benzene rings is 1. The minimum Gasteiger partial charge on any atom is -0.461 e. The van der Waals surface area contributed by atoms with Crippen molar-refractivity contribution < 1.29 is 32.9 Å². The van der Waals surface area contributed by atoms with Gasteiger partial charge in [-0.05, 0) is 38.1 Å². The van der Waals surface area contributed by atoms with Crippen LogP contribution in [0.25, 0.3) is 11.0 Å². The van der Waals surface area contributed by atoms with E-state index in [-0.39, 0.29) is 0 Å². The molecule has 2 aliphatic heterocycles. The summed E-state index contributed by atoms with van der Waals surface area (Å²) in [6.45, 7) is 3.66. The van der Waals surface area contributed by atoms with Crippen molar-refractivity contribution in [3.05, 3.63) is 40.8 Å². The van der Waals surface area contributed by atoms with E-state index >= 15 is 0 Å². The molecule has 2 aliphatic rings. The quantitative estimate of drug-likeness (QED) is 0.606. The molecule has 0 spiro atoms. The van der Waals surface area contributed by atoms with Gasteiger partial charge in [-0.3, -0.25) is 0 Å². The molecule has 26 heavy (non-hydrogen) atoms. The summed E-state index contributed by atoms with van der Waals surface area (Å²) in [6, 6.07) is 7.97. The van der Waals surface area contributed by atoms with Gasteiger partial charge in [0.15, 0.2) is 6.10 Å². The second-order valence-corrected chi connectivity index (χ2v) is 6.73. The molecule has 0 bridgehead atoms. The summed E-state index contributed by atoms with van der Waals surface area (Å²) in [4.78, 5) is 22.9. The molecule has 1 aromatic heterocycles. The molecule has 8 heteroatoms. The lowest BCUT2D eigenvalue weighted by Crippen LogP contribution is -2.62. The first-order valence-electron chi connectivity index (χ1n) is 8.16. The number of hydrogen-bond acceptors (Lipinski definition) is 8. The van der Waals surface area contributed by atoms with Gasteiger partial charge < -0.3 is 28.1 Å². The molecule has 0 saturated carbocycles. The molecule has 2 aromatic rings. The van der Waals surface area contributed by atoms with E-state index < -0.39 is 42.0 Å². The van der Waals surface area contributed by atoms with Gasteiger partial charge in [0.2, 0.25) is 12.4 Å². The predicted octanol–water partition coefficient (Wildman–Crippen LogP) is 2.23. The van der Waals surface area contributed by atoms with Gasteiger partial charge in [0.25, 0.3) is 0 Å². The van der Waals surface area contributed by atoms with E-state index in [1.54, 1.807) is 24.3 Å². The lowest BCUT2D eigenvalue weighted by Gasteiger charge is -2.45. The summed E-state index contributed by atoms with van der Waals surface area (Å²) >= 11 is 0. The van der Waals surface area contributed by atoms with E-state index in [0.29, 0.717) is 16.7 Å². The lowest BCUT2D eigenvalue weighted by molar-refractivity contribution is -0.282. The fourth-order valence-electron chi connectivity index (χ4n) is 3.42. The van der Waals surface area contributed by atoms with Crippen molar-refractivity contribution in [2.45, 2.75) is 44.1 Å². The number of ether oxygens (including phenoxy) is 5. The summed E-state index contributed by atoms with van der Waals surface area (Å²) in [5.74, 6) is 0.477. The Kier molecular flexibility index (Phi) is 3.89. The molecule has 3 heterocycles. The van der Waals surface area contributed by atoms with Crippen LogP contribution in [0, 0.1) is 0 Å². The smallest absolute Gasteiger partial charge is 0.461 e. The summed E-state index contributed by atoms with van der Waals surface area (Å²) in [5.41, 5.74) is -0.743. The van der Waals surface area contributed by atoms with Crippen molar-refractivity contribution in [2.24, 2.45) is 0 Å². The van der Waals surface area contributed by atoms with Gasteiger partial charge >= 0.3 is 11.8 Å². The Hall–Kier alpha value is -2.58. The third kappa shape index (κ3) is 2.81. The van der Waals surface area contributed by atoms with Crippen LogP contribution in [0.1, 0.15) is 13.8 Å². The zero-order chi connectivity index (χ0) is 18.5. The van der Waals surface area contributed by atoms with Crippen molar-refractivity contribution in [1.29, 1.82) is 0 Å². The first kappa shape index (κ1) is 16.9. The van der Waals surface area contributed by atoms with Crippen LogP contribution < -0.4 is 10.4 Å². The molecule has 0 amide bonds. The summed E-state index contributed by atoms with van der Waals surface area (Å²) in [5, 5.41) is 0.697. The average Bonchev–Trinajstić information content (AvgIpc) is 2.96. The molecule has 0 N–H and O–H groups in total. The topological polar surface area (TPSA) is 93.4 Å². The number of hydrogen-bond donors (Lipinski definition) is 0. The Morgan fingerprint density at radius 1 is 1.04 bits per heavy atom. The van der Waals surface area contributed by atoms with E-state index in [1.165, 1.54) is 13.2 Å². The molecule has 8 nitrogen and oxygen atoms in total. The van der Waals surface area contributed by atoms with Gasteiger partial charge in [-0.25, -0.2) is 9.59 Å². The number of fused-ring (bicyclic) bond motifs is 2. The van der Waals surface area contributed by atoms with Crippen molar-refractivity contribution in [1.82, 2.24) is 0 Å². The van der Waals surface area contributed by atoms with Crippen molar-refractivity contribution >= 4 is 17.1 Å². The summed E-state index contributed by atoms with van der Waals surface area (Å²) in [6.07, 6.45) is -3.55. The van der Waals surface area contributed by atoms with Crippen molar-refractivity contribution in [2.75, 3.05) is 7.11 Å². The van der Waals surface area contributed by atoms with E-state index in [0.717, 1.165) is 0 Å². The second kappa shape index (κ2) is 6.00. The highest BCUT2D eigenvalue weighted by atomic mass is 16.8. The van der Waals surface area contributed by atoms with Gasteiger partial charge in [-0.1, -0.05) is 0 Å². The second-order valence-electron chi connectivity index (χ2n) is 6.73. The zero-order valence-corrected chi connectivity index (χ0v) is 14.5. The molecule has 0 radical (unpaired) electrons. The van der Waals surface area contributed by atoms with E-state index in [9.17, 15) is 9.59 Å². The van der Waals surface area contributed by atoms with Crippen LogP contribution in [0.4, 0.5) is 4.79 Å². The van der Waals surface area contributed by atoms with Crippen LogP contribution in [0.3, 0.4) is 0 Å². The van der Waals surface area contributed by atoms with Crippen molar-refractivity contribution in [3.63, 3.8) is 0 Å². The maximum atomic E-state index is 11.6. The van der Waals surface area contributed by atoms with Crippen LogP contribution in [0.2, 0.25) is 0 Å². The minimum atomic E-state index is -0.874. The third-order valence-corrected chi connectivity index (χ3v) is 4.56. The van der Waals surface area contributed by atoms with Crippen LogP contribution in [0.5, 0.6) is 5.75 Å². The molecule has 2 saturated heterocycles. The zero-order valence-electron chi connectivity index (χ0n) is 14.5. The van der Waals surface area contributed by atoms with E-state index in [4.69, 9.17) is 28.1 Å². The first-order valence-corrected chi connectivity index (χ1v) is 8.16. The Labute approximate surface area is 148 Å². The van der Waals surface area contributed by atoms with Crippen LogP contribution >= 0.6 is 0 Å². The van der Waals surface area contributed by atoms with Gasteiger partial charge in [-0.15, -0.1) is 0 Å². The molecule has 138 valence electrons. The highest BCUT2D eigenvalue weighted by molar-refractivity contribution is 5.77. The highest BCUT2D eigenvalue weighted by Gasteiger charge is 2.58. The van der Waals surface area contributed by atoms with Crippen molar-refractivity contribution in [3.8, 4) is 5.75 Å². The Morgan fingerprint density at radius 3 is 2.58 bits per heavy atom. The number of methoxy groups -OCH3 is 1. The SMILES string of the molecule is COC1[C@@H]2OC(=O)O[C@@H]2C(Oc2ccc3oc(=O)ccc3c2)OC1(C)C. The minimum absolute atomic E-state index is 0.424. The van der Waals surface area contributed by atoms with Crippen LogP contribution in [0.15, 0.2) is 39.5 Å². The Morgan fingerprint density at radius 2 is 1.81 bits per heavy atom. The largest absolute Gasteiger partial charge is 0.509 e. The molecular weight excluding hydrogens is 344 g/mol. The molecule has 4 rings (SSSR count). The fourth-order valence-corrected chi connectivity index (χ4v) is 3.42. The molecule has 2 fully saturated rings. The first-order chi connectivity index (χ1) is 12.4. The number of rotatable bonds is 3.